The van der Waals surface area contributed by atoms with Gasteiger partial charge in [0.2, 0.25) is 0 Å². The van der Waals surface area contributed by atoms with Crippen LogP contribution in [0.5, 0.6) is 0 Å². The highest BCUT2D eigenvalue weighted by Crippen LogP contribution is 2.26. The molecule has 0 radical (unpaired) electrons. The molecule has 4 heterocycles. The van der Waals surface area contributed by atoms with Gasteiger partial charge in [-0.25, -0.2) is 15.0 Å². The molecule has 1 aromatic carbocycles. The number of carbonyl (C=O) groups is 1. The third-order valence-corrected chi connectivity index (χ3v) is 7.03. The van der Waals surface area contributed by atoms with Crippen LogP contribution < -0.4 is 16.1 Å². The van der Waals surface area contributed by atoms with Crippen LogP contribution >= 0.6 is 0 Å². The van der Waals surface area contributed by atoms with Crippen LogP contribution in [0.3, 0.4) is 0 Å². The molecule has 5 rings (SSSR count). The SMILES string of the molecule is Cc1cc(Nc2cc(C(=O)Nc3ccnc(C(C)(C)C)c3)ccc2C)n(-c2cc(NN3CCN(C)CC3)ncn2)n1. The van der Waals surface area contributed by atoms with Crippen LogP contribution in [0.4, 0.5) is 23.0 Å². The van der Waals surface area contributed by atoms with E-state index in [0.717, 1.165) is 54.6 Å². The molecule has 11 nitrogen and oxygen atoms in total. The van der Waals surface area contributed by atoms with Gasteiger partial charge in [-0.2, -0.15) is 9.78 Å². The monoisotopic (exact) mass is 554 g/mol. The van der Waals surface area contributed by atoms with E-state index in [0.29, 0.717) is 22.9 Å². The summed E-state index contributed by atoms with van der Waals surface area (Å²) in [5.41, 5.74) is 8.06. The Balaban J connectivity index is 1.35. The molecule has 0 unspecified atom stereocenters. The molecule has 0 spiro atoms. The Kier molecular flexibility index (Phi) is 8.00. The van der Waals surface area contributed by atoms with Gasteiger partial charge in [-0.05, 0) is 50.7 Å². The van der Waals surface area contributed by atoms with Crippen molar-refractivity contribution in [3.05, 3.63) is 77.5 Å². The first kappa shape index (κ1) is 28.2. The fourth-order valence-electron chi connectivity index (χ4n) is 4.53. The van der Waals surface area contributed by atoms with Crippen molar-refractivity contribution in [3.8, 4) is 5.82 Å². The zero-order chi connectivity index (χ0) is 29.1. The highest BCUT2D eigenvalue weighted by molar-refractivity contribution is 6.05. The van der Waals surface area contributed by atoms with Crippen molar-refractivity contribution in [1.82, 2.24) is 34.6 Å². The Hall–Kier alpha value is -4.35. The van der Waals surface area contributed by atoms with Crippen LogP contribution in [0.2, 0.25) is 0 Å². The average molecular weight is 555 g/mol. The third kappa shape index (κ3) is 6.87. The van der Waals surface area contributed by atoms with Crippen molar-refractivity contribution in [2.24, 2.45) is 0 Å². The molecule has 0 saturated carbocycles. The normalized spacial score (nSPS) is 14.6. The average Bonchev–Trinajstić information content (AvgIpc) is 3.31. The van der Waals surface area contributed by atoms with Gasteiger partial charge in [-0.15, -0.1) is 0 Å². The number of aromatic nitrogens is 5. The molecule has 3 aromatic heterocycles. The van der Waals surface area contributed by atoms with Crippen molar-refractivity contribution in [2.75, 3.05) is 49.3 Å². The first-order chi connectivity index (χ1) is 19.5. The molecule has 11 heteroatoms. The Labute approximate surface area is 241 Å². The molecule has 0 aliphatic carbocycles. The van der Waals surface area contributed by atoms with Crippen LogP contribution in [0.15, 0.2) is 55.0 Å². The summed E-state index contributed by atoms with van der Waals surface area (Å²) in [6.45, 7) is 14.0. The second-order valence-electron chi connectivity index (χ2n) is 11.5. The number of aryl methyl sites for hydroxylation is 2. The van der Waals surface area contributed by atoms with E-state index < -0.39 is 0 Å². The van der Waals surface area contributed by atoms with E-state index in [9.17, 15) is 4.79 Å². The summed E-state index contributed by atoms with van der Waals surface area (Å²) in [4.78, 5) is 28.8. The number of carbonyl (C=O) groups excluding carboxylic acids is 1. The molecule has 1 aliphatic heterocycles. The number of anilines is 4. The first-order valence-electron chi connectivity index (χ1n) is 13.8. The number of amides is 1. The van der Waals surface area contributed by atoms with E-state index in [2.05, 4.69) is 73.8 Å². The Morgan fingerprint density at radius 3 is 2.46 bits per heavy atom. The second-order valence-corrected chi connectivity index (χ2v) is 11.5. The van der Waals surface area contributed by atoms with Gasteiger partial charge < -0.3 is 21.0 Å². The van der Waals surface area contributed by atoms with Gasteiger partial charge in [0.05, 0.1) is 5.69 Å². The fraction of sp³-hybridized carbons (Fsp3) is 0.367. The molecule has 1 saturated heterocycles. The number of hydrogen-bond donors (Lipinski definition) is 3. The number of nitrogens with zero attached hydrogens (tertiary/aromatic N) is 7. The molecule has 3 N–H and O–H groups in total. The number of rotatable bonds is 7. The molecule has 0 bridgehead atoms. The fourth-order valence-corrected chi connectivity index (χ4v) is 4.53. The predicted molar refractivity (Wildman–Crippen MR) is 162 cm³/mol. The summed E-state index contributed by atoms with van der Waals surface area (Å²) in [6, 6.07) is 13.2. The first-order valence-corrected chi connectivity index (χ1v) is 13.8. The van der Waals surface area contributed by atoms with Gasteiger partial charge in [0, 0.05) is 72.6 Å². The summed E-state index contributed by atoms with van der Waals surface area (Å²) < 4.78 is 1.75. The van der Waals surface area contributed by atoms with E-state index in [1.54, 1.807) is 16.9 Å². The summed E-state index contributed by atoms with van der Waals surface area (Å²) in [5, 5.41) is 13.3. The van der Waals surface area contributed by atoms with Crippen LogP contribution in [0.1, 0.15) is 48.1 Å². The van der Waals surface area contributed by atoms with Crippen LogP contribution in [0.25, 0.3) is 5.82 Å². The third-order valence-electron chi connectivity index (χ3n) is 7.03. The van der Waals surface area contributed by atoms with E-state index in [4.69, 9.17) is 0 Å². The minimum absolute atomic E-state index is 0.117. The Bertz CT molecular complexity index is 1530. The zero-order valence-electron chi connectivity index (χ0n) is 24.6. The lowest BCUT2D eigenvalue weighted by Gasteiger charge is -2.32. The van der Waals surface area contributed by atoms with Crippen molar-refractivity contribution < 1.29 is 4.79 Å². The molecule has 41 heavy (non-hydrogen) atoms. The zero-order valence-corrected chi connectivity index (χ0v) is 24.6. The lowest BCUT2D eigenvalue weighted by molar-refractivity contribution is 0.102. The largest absolute Gasteiger partial charge is 0.340 e. The summed E-state index contributed by atoms with van der Waals surface area (Å²) in [5.74, 6) is 1.88. The molecular weight excluding hydrogens is 516 g/mol. The van der Waals surface area contributed by atoms with Crippen LogP contribution in [-0.2, 0) is 5.41 Å². The number of hydrogen-bond acceptors (Lipinski definition) is 9. The van der Waals surface area contributed by atoms with Crippen LogP contribution in [0, 0.1) is 13.8 Å². The van der Waals surface area contributed by atoms with E-state index >= 15 is 0 Å². The molecular formula is C30H38N10O. The van der Waals surface area contributed by atoms with Gasteiger partial charge in [0.1, 0.15) is 18.0 Å². The molecule has 1 aliphatic rings. The van der Waals surface area contributed by atoms with Gasteiger partial charge in [0.25, 0.3) is 5.91 Å². The van der Waals surface area contributed by atoms with Gasteiger partial charge in [0.15, 0.2) is 5.82 Å². The summed E-state index contributed by atoms with van der Waals surface area (Å²) in [7, 11) is 2.13. The molecule has 4 aromatic rings. The minimum Gasteiger partial charge on any atom is -0.340 e. The summed E-state index contributed by atoms with van der Waals surface area (Å²) >= 11 is 0. The van der Waals surface area contributed by atoms with E-state index in [-0.39, 0.29) is 11.3 Å². The Morgan fingerprint density at radius 2 is 1.71 bits per heavy atom. The van der Waals surface area contributed by atoms with Crippen molar-refractivity contribution in [1.29, 1.82) is 0 Å². The quantitative estimate of drug-likeness (QED) is 0.303. The number of benzene rings is 1. The van der Waals surface area contributed by atoms with Gasteiger partial charge in [-0.3, -0.25) is 9.78 Å². The Morgan fingerprint density at radius 1 is 0.927 bits per heavy atom. The highest BCUT2D eigenvalue weighted by atomic mass is 16.1. The van der Waals surface area contributed by atoms with Crippen molar-refractivity contribution in [3.63, 3.8) is 0 Å². The van der Waals surface area contributed by atoms with E-state index in [1.165, 1.54) is 6.33 Å². The molecule has 1 fully saturated rings. The van der Waals surface area contributed by atoms with Gasteiger partial charge in [-0.1, -0.05) is 26.8 Å². The maximum Gasteiger partial charge on any atom is 0.255 e. The molecule has 0 atom stereocenters. The topological polar surface area (TPSA) is 116 Å². The summed E-state index contributed by atoms with van der Waals surface area (Å²) in [6.07, 6.45) is 3.26. The molecule has 1 amide bonds. The maximum atomic E-state index is 13.2. The molecule has 214 valence electrons. The number of piperazine rings is 1. The maximum absolute atomic E-state index is 13.2. The lowest BCUT2D eigenvalue weighted by Crippen LogP contribution is -2.47. The second kappa shape index (κ2) is 11.6. The predicted octanol–water partition coefficient (Wildman–Crippen LogP) is 4.54. The number of hydrazine groups is 1. The highest BCUT2D eigenvalue weighted by Gasteiger charge is 2.18. The van der Waals surface area contributed by atoms with Crippen LogP contribution in [-0.4, -0.2) is 73.8 Å². The minimum atomic E-state index is -0.195. The van der Waals surface area contributed by atoms with Crippen molar-refractivity contribution >= 4 is 28.9 Å². The van der Waals surface area contributed by atoms with Crippen molar-refractivity contribution in [2.45, 2.75) is 40.0 Å². The standard InChI is InChI=1S/C30H38N10O/c1-20-7-8-22(29(41)34-23-9-10-31-25(17-23)30(3,4)5)16-24(20)35-28-15-21(2)36-40(28)27-18-26(32-19-33-27)37-39-13-11-38(6)12-14-39/h7-10,15-19,35H,11-14H2,1-6H3,(H,31,34,41)(H,32,33,37). The number of nitrogens with one attached hydrogen (secondary N) is 3. The van der Waals surface area contributed by atoms with Gasteiger partial charge >= 0.3 is 0 Å². The lowest BCUT2D eigenvalue weighted by atomic mass is 9.91. The number of pyridine rings is 1. The van der Waals surface area contributed by atoms with E-state index in [1.807, 2.05) is 50.2 Å². The number of likely N-dealkylation sites (N-methyl/N-ethyl adjacent to an activating group) is 1. The smallest absolute Gasteiger partial charge is 0.255 e.